The Balaban J connectivity index is 1.38. The van der Waals surface area contributed by atoms with Crippen LogP contribution in [0.1, 0.15) is 28.4 Å². The highest BCUT2D eigenvalue weighted by atomic mass is 16.1. The lowest BCUT2D eigenvalue weighted by atomic mass is 9.83. The Morgan fingerprint density at radius 3 is 2.96 bits per heavy atom. The molecule has 1 aromatic carbocycles. The second-order valence-electron chi connectivity index (χ2n) is 7.70. The normalized spacial score (nSPS) is 24.4. The summed E-state index contributed by atoms with van der Waals surface area (Å²) in [5.41, 5.74) is 3.05. The number of nitrogens with one attached hydrogen (secondary N) is 2. The van der Waals surface area contributed by atoms with Gasteiger partial charge in [0, 0.05) is 52.8 Å². The van der Waals surface area contributed by atoms with Crippen LogP contribution in [-0.2, 0) is 6.54 Å². The smallest absolute Gasteiger partial charge is 0.250 e. The van der Waals surface area contributed by atoms with Gasteiger partial charge in [-0.1, -0.05) is 24.3 Å². The minimum Gasteiger partial charge on any atom is -0.360 e. The van der Waals surface area contributed by atoms with E-state index in [9.17, 15) is 9.59 Å². The molecule has 0 saturated carbocycles. The zero-order valence-corrected chi connectivity index (χ0v) is 14.6. The van der Waals surface area contributed by atoms with Crippen molar-refractivity contribution in [3.05, 3.63) is 70.3 Å². The van der Waals surface area contributed by atoms with Crippen molar-refractivity contribution in [2.75, 3.05) is 19.6 Å². The number of carbonyl (C=O) groups is 1. The molecule has 4 heterocycles. The molecule has 0 radical (unpaired) electrons. The number of ketones is 1. The standard InChI is InChI=1S/C21H21N3O2/c25-20(17-9-22-18-5-2-1-4-16(17)18)13-23-10-14-8-15(12-23)19-6-3-7-21(26)24(19)11-14/h1-7,9,14-15,22H,8,10-13H2/p+1/t14-,15+/m1/s1. The third-order valence-electron chi connectivity index (χ3n) is 5.97. The molecular weight excluding hydrogens is 326 g/mol. The van der Waals surface area contributed by atoms with Crippen molar-refractivity contribution in [1.29, 1.82) is 0 Å². The van der Waals surface area contributed by atoms with Crippen molar-refractivity contribution < 1.29 is 9.69 Å². The Kier molecular flexibility index (Phi) is 3.57. The van der Waals surface area contributed by atoms with Crippen LogP contribution in [0.2, 0.25) is 0 Å². The summed E-state index contributed by atoms with van der Waals surface area (Å²) in [7, 11) is 0. The molecule has 2 N–H and O–H groups in total. The number of aromatic amines is 1. The number of benzene rings is 1. The Morgan fingerprint density at radius 1 is 1.15 bits per heavy atom. The van der Waals surface area contributed by atoms with Gasteiger partial charge < -0.3 is 14.5 Å². The number of likely N-dealkylation sites (tertiary alicyclic amines) is 1. The van der Waals surface area contributed by atoms with Crippen molar-refractivity contribution in [1.82, 2.24) is 9.55 Å². The number of aromatic nitrogens is 2. The SMILES string of the molecule is O=C(C[NH+]1C[C@H]2C[C@@H](C1)c1cccc(=O)n1C2)c1c[nH]c2ccccc12. The number of carbonyl (C=O) groups excluding carboxylic acids is 1. The van der Waals surface area contributed by atoms with Crippen LogP contribution in [0.4, 0.5) is 0 Å². The Hall–Kier alpha value is -2.66. The summed E-state index contributed by atoms with van der Waals surface area (Å²) in [6.45, 7) is 3.20. The molecule has 2 aliphatic heterocycles. The lowest BCUT2D eigenvalue weighted by Gasteiger charge is -2.40. The van der Waals surface area contributed by atoms with E-state index in [2.05, 4.69) is 11.1 Å². The molecule has 0 amide bonds. The first-order valence-electron chi connectivity index (χ1n) is 9.31. The molecule has 2 aliphatic rings. The molecule has 5 rings (SSSR count). The number of H-pyrrole nitrogens is 1. The van der Waals surface area contributed by atoms with Crippen LogP contribution >= 0.6 is 0 Å². The number of hydrogen-bond donors (Lipinski definition) is 2. The van der Waals surface area contributed by atoms with Crippen molar-refractivity contribution in [3.8, 4) is 0 Å². The number of pyridine rings is 1. The van der Waals surface area contributed by atoms with E-state index in [0.29, 0.717) is 18.4 Å². The molecule has 2 bridgehead atoms. The van der Waals surface area contributed by atoms with Crippen molar-refractivity contribution in [2.24, 2.45) is 5.92 Å². The number of rotatable bonds is 3. The van der Waals surface area contributed by atoms with Crippen molar-refractivity contribution >= 4 is 16.7 Å². The topological polar surface area (TPSA) is 59.3 Å². The molecule has 0 spiro atoms. The zero-order chi connectivity index (χ0) is 17.7. The van der Waals surface area contributed by atoms with E-state index in [1.807, 2.05) is 41.1 Å². The monoisotopic (exact) mass is 348 g/mol. The summed E-state index contributed by atoms with van der Waals surface area (Å²) >= 11 is 0. The number of fused-ring (bicyclic) bond motifs is 5. The first-order chi connectivity index (χ1) is 12.7. The van der Waals surface area contributed by atoms with Gasteiger partial charge in [0.1, 0.15) is 6.54 Å². The highest BCUT2D eigenvalue weighted by Gasteiger charge is 2.37. The van der Waals surface area contributed by atoms with Gasteiger partial charge in [0.2, 0.25) is 5.78 Å². The average Bonchev–Trinajstić information content (AvgIpc) is 3.07. The number of para-hydroxylation sites is 1. The summed E-state index contributed by atoms with van der Waals surface area (Å²) in [6.07, 6.45) is 2.97. The highest BCUT2D eigenvalue weighted by molar-refractivity contribution is 6.08. The molecule has 3 aromatic rings. The number of nitrogens with zero attached hydrogens (tertiary/aromatic N) is 1. The van der Waals surface area contributed by atoms with Gasteiger partial charge in [-0.05, 0) is 18.6 Å². The highest BCUT2D eigenvalue weighted by Crippen LogP contribution is 2.30. The van der Waals surface area contributed by atoms with Gasteiger partial charge in [-0.2, -0.15) is 0 Å². The minimum atomic E-state index is 0.107. The van der Waals surface area contributed by atoms with Gasteiger partial charge in [-0.15, -0.1) is 0 Å². The average molecular weight is 348 g/mol. The zero-order valence-electron chi connectivity index (χ0n) is 14.6. The molecule has 0 aliphatic carbocycles. The molecule has 5 nitrogen and oxygen atoms in total. The fraction of sp³-hybridized carbons (Fsp3) is 0.333. The van der Waals surface area contributed by atoms with E-state index in [1.54, 1.807) is 6.07 Å². The second kappa shape index (κ2) is 5.95. The van der Waals surface area contributed by atoms with Crippen LogP contribution in [0.15, 0.2) is 53.5 Å². The van der Waals surface area contributed by atoms with Crippen molar-refractivity contribution in [3.63, 3.8) is 0 Å². The van der Waals surface area contributed by atoms with E-state index < -0.39 is 0 Å². The van der Waals surface area contributed by atoms with Gasteiger partial charge >= 0.3 is 0 Å². The first kappa shape index (κ1) is 15.6. The lowest BCUT2D eigenvalue weighted by Crippen LogP contribution is -3.15. The summed E-state index contributed by atoms with van der Waals surface area (Å²) in [4.78, 5) is 29.6. The fourth-order valence-corrected chi connectivity index (χ4v) is 4.89. The lowest BCUT2D eigenvalue weighted by molar-refractivity contribution is -0.902. The van der Waals surface area contributed by atoms with E-state index in [-0.39, 0.29) is 11.3 Å². The van der Waals surface area contributed by atoms with E-state index in [0.717, 1.165) is 48.2 Å². The van der Waals surface area contributed by atoms with Crippen LogP contribution in [-0.4, -0.2) is 35.0 Å². The number of quaternary nitrogens is 1. The number of Topliss-reactive ketones (excluding diaryl/α,β-unsaturated/α-hetero) is 1. The molecule has 26 heavy (non-hydrogen) atoms. The molecule has 1 saturated heterocycles. The van der Waals surface area contributed by atoms with Gasteiger partial charge in [-0.3, -0.25) is 9.59 Å². The molecular formula is C21H22N3O2+. The maximum absolute atomic E-state index is 12.9. The summed E-state index contributed by atoms with van der Waals surface area (Å²) < 4.78 is 1.94. The summed E-state index contributed by atoms with van der Waals surface area (Å²) in [5.74, 6) is 1.05. The Bertz CT molecular complexity index is 1050. The van der Waals surface area contributed by atoms with E-state index in [1.165, 1.54) is 4.90 Å². The Morgan fingerprint density at radius 2 is 2.04 bits per heavy atom. The van der Waals surface area contributed by atoms with Gasteiger partial charge in [0.15, 0.2) is 0 Å². The maximum Gasteiger partial charge on any atom is 0.250 e. The van der Waals surface area contributed by atoms with Crippen molar-refractivity contribution in [2.45, 2.75) is 18.9 Å². The number of hydrogen-bond acceptors (Lipinski definition) is 2. The van der Waals surface area contributed by atoms with Crippen LogP contribution in [0.25, 0.3) is 10.9 Å². The second-order valence-corrected chi connectivity index (χ2v) is 7.70. The molecule has 2 aromatic heterocycles. The van der Waals surface area contributed by atoms with Crippen LogP contribution in [0, 0.1) is 5.92 Å². The first-order valence-corrected chi connectivity index (χ1v) is 9.31. The minimum absolute atomic E-state index is 0.107. The molecule has 3 atom stereocenters. The van der Waals surface area contributed by atoms with Crippen LogP contribution in [0.3, 0.4) is 0 Å². The molecule has 1 unspecified atom stereocenters. The molecule has 132 valence electrons. The maximum atomic E-state index is 12.9. The third kappa shape index (κ3) is 2.51. The molecule has 1 fully saturated rings. The van der Waals surface area contributed by atoms with Crippen LogP contribution in [0.5, 0.6) is 0 Å². The van der Waals surface area contributed by atoms with Crippen LogP contribution < -0.4 is 10.5 Å². The van der Waals surface area contributed by atoms with Gasteiger partial charge in [0.05, 0.1) is 13.1 Å². The molecule has 5 heteroatoms. The fourth-order valence-electron chi connectivity index (χ4n) is 4.89. The predicted molar refractivity (Wildman–Crippen MR) is 99.7 cm³/mol. The van der Waals surface area contributed by atoms with E-state index >= 15 is 0 Å². The largest absolute Gasteiger partial charge is 0.360 e. The van der Waals surface area contributed by atoms with Gasteiger partial charge in [-0.25, -0.2) is 0 Å². The number of piperidine rings is 1. The van der Waals surface area contributed by atoms with Gasteiger partial charge in [0.25, 0.3) is 5.56 Å². The quantitative estimate of drug-likeness (QED) is 0.699. The predicted octanol–water partition coefficient (Wildman–Crippen LogP) is 1.21. The summed E-state index contributed by atoms with van der Waals surface area (Å²) in [6, 6.07) is 13.5. The third-order valence-corrected chi connectivity index (χ3v) is 5.97. The Labute approximate surface area is 151 Å². The van der Waals surface area contributed by atoms with E-state index in [4.69, 9.17) is 0 Å². The summed E-state index contributed by atoms with van der Waals surface area (Å²) in [5, 5.41) is 1.01.